The Hall–Kier alpha value is -3.53. The number of nitrogens with one attached hydrogen (secondary N) is 1. The Morgan fingerprint density at radius 2 is 1.65 bits per heavy atom. The number of aromatic nitrogens is 2. The molecule has 0 saturated carbocycles. The molecule has 0 spiro atoms. The standard InChI is InChI=1S/C25H24N4O4S/c30-25(19-9-11-21(12-10-19)29-18-27-22-6-2-3-7-23(22)29)26-17-20-5-1-4-8-24(20)34(31,32)28-13-15-33-16-14-28/h1-12,18H,13-17H2,(H,26,30). The molecule has 174 valence electrons. The van der Waals surface area contributed by atoms with Gasteiger partial charge in [0.1, 0.15) is 6.33 Å². The molecule has 3 aromatic carbocycles. The van der Waals surface area contributed by atoms with Gasteiger partial charge in [-0.15, -0.1) is 0 Å². The number of benzene rings is 3. The number of morpholine rings is 1. The molecule has 0 unspecified atom stereocenters. The minimum absolute atomic E-state index is 0.104. The molecule has 1 saturated heterocycles. The smallest absolute Gasteiger partial charge is 0.251 e. The van der Waals surface area contributed by atoms with E-state index in [0.29, 0.717) is 37.4 Å². The van der Waals surface area contributed by atoms with Crippen molar-refractivity contribution in [3.05, 3.63) is 90.3 Å². The van der Waals surface area contributed by atoms with Crippen LogP contribution in [0.4, 0.5) is 0 Å². The number of hydrogen-bond acceptors (Lipinski definition) is 5. The Kier molecular flexibility index (Phi) is 6.14. The number of imidazole rings is 1. The van der Waals surface area contributed by atoms with E-state index >= 15 is 0 Å². The highest BCUT2D eigenvalue weighted by Crippen LogP contribution is 2.22. The summed E-state index contributed by atoms with van der Waals surface area (Å²) in [6, 6.07) is 21.8. The largest absolute Gasteiger partial charge is 0.379 e. The second kappa shape index (κ2) is 9.38. The number of sulfonamides is 1. The summed E-state index contributed by atoms with van der Waals surface area (Å²) in [7, 11) is -3.66. The first-order valence-corrected chi connectivity index (χ1v) is 12.4. The number of rotatable bonds is 6. The Morgan fingerprint density at radius 3 is 2.44 bits per heavy atom. The second-order valence-electron chi connectivity index (χ2n) is 7.96. The highest BCUT2D eigenvalue weighted by atomic mass is 32.2. The molecule has 1 fully saturated rings. The van der Waals surface area contributed by atoms with Crippen LogP contribution in [0, 0.1) is 0 Å². The zero-order chi connectivity index (χ0) is 23.5. The monoisotopic (exact) mass is 476 g/mol. The fourth-order valence-corrected chi connectivity index (χ4v) is 5.67. The van der Waals surface area contributed by atoms with E-state index in [1.54, 1.807) is 42.7 Å². The van der Waals surface area contributed by atoms with Gasteiger partial charge in [-0.2, -0.15) is 4.31 Å². The third-order valence-electron chi connectivity index (χ3n) is 5.86. The fraction of sp³-hybridized carbons (Fsp3) is 0.200. The molecule has 1 aliphatic rings. The maximum Gasteiger partial charge on any atom is 0.251 e. The first-order chi connectivity index (χ1) is 16.5. The van der Waals surface area contributed by atoms with Gasteiger partial charge in [-0.05, 0) is 48.0 Å². The number of hydrogen-bond donors (Lipinski definition) is 1. The number of amides is 1. The number of ether oxygens (including phenoxy) is 1. The number of carbonyl (C=O) groups is 1. The molecular formula is C25H24N4O4S. The number of fused-ring (bicyclic) bond motifs is 1. The topological polar surface area (TPSA) is 93.5 Å². The van der Waals surface area contributed by atoms with Crippen molar-refractivity contribution in [2.45, 2.75) is 11.4 Å². The van der Waals surface area contributed by atoms with E-state index in [-0.39, 0.29) is 17.3 Å². The van der Waals surface area contributed by atoms with Gasteiger partial charge in [0.15, 0.2) is 0 Å². The Balaban J connectivity index is 1.30. The van der Waals surface area contributed by atoms with Crippen LogP contribution in [0.3, 0.4) is 0 Å². The van der Waals surface area contributed by atoms with E-state index in [4.69, 9.17) is 4.74 Å². The van der Waals surface area contributed by atoms with Gasteiger partial charge in [-0.1, -0.05) is 30.3 Å². The molecule has 0 bridgehead atoms. The molecule has 4 aromatic rings. The van der Waals surface area contributed by atoms with Crippen molar-refractivity contribution in [3.8, 4) is 5.69 Å². The van der Waals surface area contributed by atoms with Gasteiger partial charge in [-0.3, -0.25) is 9.36 Å². The first kappa shape index (κ1) is 22.3. The third kappa shape index (κ3) is 4.33. The normalized spacial score (nSPS) is 14.8. The Labute approximate surface area is 197 Å². The van der Waals surface area contributed by atoms with E-state index in [2.05, 4.69) is 10.3 Å². The van der Waals surface area contributed by atoms with Crippen molar-refractivity contribution < 1.29 is 17.9 Å². The molecule has 0 radical (unpaired) electrons. The number of nitrogens with zero attached hydrogens (tertiary/aromatic N) is 3. The van der Waals surface area contributed by atoms with E-state index in [1.165, 1.54) is 4.31 Å². The number of carbonyl (C=O) groups excluding carboxylic acids is 1. The molecule has 1 amide bonds. The highest BCUT2D eigenvalue weighted by molar-refractivity contribution is 7.89. The minimum Gasteiger partial charge on any atom is -0.379 e. The molecule has 1 N–H and O–H groups in total. The van der Waals surface area contributed by atoms with Gasteiger partial charge < -0.3 is 10.1 Å². The summed E-state index contributed by atoms with van der Waals surface area (Å²) in [6.07, 6.45) is 1.76. The van der Waals surface area contributed by atoms with Crippen LogP contribution in [0.5, 0.6) is 0 Å². The molecule has 8 nitrogen and oxygen atoms in total. The summed E-state index contributed by atoms with van der Waals surface area (Å²) in [6.45, 7) is 1.50. The lowest BCUT2D eigenvalue weighted by Crippen LogP contribution is -2.41. The summed E-state index contributed by atoms with van der Waals surface area (Å²) in [4.78, 5) is 17.4. The molecule has 0 aliphatic carbocycles. The molecule has 2 heterocycles. The molecule has 9 heteroatoms. The van der Waals surface area contributed by atoms with Crippen LogP contribution in [0.2, 0.25) is 0 Å². The van der Waals surface area contributed by atoms with E-state index < -0.39 is 10.0 Å². The lowest BCUT2D eigenvalue weighted by molar-refractivity contribution is 0.0730. The predicted molar refractivity (Wildman–Crippen MR) is 128 cm³/mol. The Bertz CT molecular complexity index is 1420. The van der Waals surface area contributed by atoms with Crippen molar-refractivity contribution in [1.29, 1.82) is 0 Å². The molecule has 34 heavy (non-hydrogen) atoms. The van der Waals surface area contributed by atoms with Gasteiger partial charge in [0, 0.05) is 30.9 Å². The van der Waals surface area contributed by atoms with Crippen LogP contribution >= 0.6 is 0 Å². The summed E-state index contributed by atoms with van der Waals surface area (Å²) in [5.74, 6) is -0.277. The zero-order valence-electron chi connectivity index (χ0n) is 18.4. The van der Waals surface area contributed by atoms with Crippen molar-refractivity contribution >= 4 is 27.0 Å². The molecule has 0 atom stereocenters. The number of para-hydroxylation sites is 2. The predicted octanol–water partition coefficient (Wildman–Crippen LogP) is 2.98. The average molecular weight is 477 g/mol. The van der Waals surface area contributed by atoms with Crippen LogP contribution in [-0.2, 0) is 21.3 Å². The van der Waals surface area contributed by atoms with Gasteiger partial charge in [0.2, 0.25) is 10.0 Å². The second-order valence-corrected chi connectivity index (χ2v) is 9.86. The van der Waals surface area contributed by atoms with E-state index in [1.807, 2.05) is 41.0 Å². The minimum atomic E-state index is -3.66. The van der Waals surface area contributed by atoms with Crippen LogP contribution in [0.25, 0.3) is 16.7 Å². The van der Waals surface area contributed by atoms with Crippen molar-refractivity contribution in [3.63, 3.8) is 0 Å². The van der Waals surface area contributed by atoms with Gasteiger partial charge in [0.25, 0.3) is 5.91 Å². The van der Waals surface area contributed by atoms with Crippen molar-refractivity contribution in [2.24, 2.45) is 0 Å². The fourth-order valence-electron chi connectivity index (χ4n) is 4.04. The van der Waals surface area contributed by atoms with Crippen LogP contribution in [-0.4, -0.2) is 54.5 Å². The van der Waals surface area contributed by atoms with Crippen LogP contribution in [0.1, 0.15) is 15.9 Å². The quantitative estimate of drug-likeness (QED) is 0.462. The highest BCUT2D eigenvalue weighted by Gasteiger charge is 2.28. The summed E-state index contributed by atoms with van der Waals surface area (Å²) in [5.41, 5.74) is 3.81. The SMILES string of the molecule is O=C(NCc1ccccc1S(=O)(=O)N1CCOCC1)c1ccc(-n2cnc3ccccc32)cc1. The zero-order valence-corrected chi connectivity index (χ0v) is 19.2. The Morgan fingerprint density at radius 1 is 0.941 bits per heavy atom. The molecular weight excluding hydrogens is 452 g/mol. The molecule has 1 aliphatic heterocycles. The maximum atomic E-state index is 13.1. The summed E-state index contributed by atoms with van der Waals surface area (Å²) < 4.78 is 34.9. The van der Waals surface area contributed by atoms with Crippen LogP contribution in [0.15, 0.2) is 84.0 Å². The van der Waals surface area contributed by atoms with E-state index in [0.717, 1.165) is 16.7 Å². The van der Waals surface area contributed by atoms with Crippen molar-refractivity contribution in [1.82, 2.24) is 19.2 Å². The van der Waals surface area contributed by atoms with Gasteiger partial charge >= 0.3 is 0 Å². The average Bonchev–Trinajstić information content (AvgIpc) is 3.32. The van der Waals surface area contributed by atoms with Crippen LogP contribution < -0.4 is 5.32 Å². The van der Waals surface area contributed by atoms with E-state index in [9.17, 15) is 13.2 Å². The van der Waals surface area contributed by atoms with Gasteiger partial charge in [-0.25, -0.2) is 13.4 Å². The first-order valence-electron chi connectivity index (χ1n) is 11.0. The summed E-state index contributed by atoms with van der Waals surface area (Å²) >= 11 is 0. The maximum absolute atomic E-state index is 13.1. The third-order valence-corrected chi connectivity index (χ3v) is 7.86. The summed E-state index contributed by atoms with van der Waals surface area (Å²) in [5, 5.41) is 2.85. The lowest BCUT2D eigenvalue weighted by atomic mass is 10.1. The lowest BCUT2D eigenvalue weighted by Gasteiger charge is -2.27. The molecule has 5 rings (SSSR count). The van der Waals surface area contributed by atoms with Gasteiger partial charge in [0.05, 0.1) is 29.1 Å². The molecule has 1 aromatic heterocycles. The van der Waals surface area contributed by atoms with Crippen molar-refractivity contribution in [2.75, 3.05) is 26.3 Å².